The highest BCUT2D eigenvalue weighted by atomic mass is 35.5. The number of benzene rings is 1. The van der Waals surface area contributed by atoms with Crippen LogP contribution >= 0.6 is 23.2 Å². The van der Waals surface area contributed by atoms with E-state index in [1.807, 2.05) is 0 Å². The molecule has 0 heterocycles. The van der Waals surface area contributed by atoms with E-state index < -0.39 is 10.0 Å². The molecule has 1 fully saturated rings. The Balaban J connectivity index is 1.69. The molecule has 20 heavy (non-hydrogen) atoms. The zero-order valence-electron chi connectivity index (χ0n) is 10.7. The summed E-state index contributed by atoms with van der Waals surface area (Å²) in [6.45, 7) is 0.480. The van der Waals surface area contributed by atoms with Crippen molar-refractivity contribution in [2.24, 2.45) is 17.8 Å². The third-order valence-electron chi connectivity index (χ3n) is 4.15. The monoisotopic (exact) mass is 331 g/mol. The van der Waals surface area contributed by atoms with Gasteiger partial charge in [0.1, 0.15) is 0 Å². The fourth-order valence-corrected chi connectivity index (χ4v) is 4.56. The van der Waals surface area contributed by atoms with E-state index >= 15 is 0 Å². The van der Waals surface area contributed by atoms with Gasteiger partial charge in [0.15, 0.2) is 0 Å². The molecule has 6 heteroatoms. The number of rotatable bonds is 4. The average molecular weight is 332 g/mol. The summed E-state index contributed by atoms with van der Waals surface area (Å²) in [6.07, 6.45) is 6.70. The van der Waals surface area contributed by atoms with Gasteiger partial charge in [-0.25, -0.2) is 13.1 Å². The summed E-state index contributed by atoms with van der Waals surface area (Å²) >= 11 is 11.7. The quantitative estimate of drug-likeness (QED) is 0.858. The molecule has 0 amide bonds. The van der Waals surface area contributed by atoms with Crippen molar-refractivity contribution in [2.45, 2.75) is 17.7 Å². The average Bonchev–Trinajstić information content (AvgIpc) is 3.02. The number of hydrogen-bond donors (Lipinski definition) is 1. The Morgan fingerprint density at radius 3 is 2.55 bits per heavy atom. The molecule has 0 aromatic heterocycles. The molecule has 2 bridgehead atoms. The van der Waals surface area contributed by atoms with Gasteiger partial charge in [0.25, 0.3) is 0 Å². The Morgan fingerprint density at radius 2 is 1.95 bits per heavy atom. The third kappa shape index (κ3) is 2.75. The van der Waals surface area contributed by atoms with E-state index in [2.05, 4.69) is 16.9 Å². The SMILES string of the molecule is O=S(=O)(NCC1CC2C=CC1C2)c1ccc(Cl)c(Cl)c1. The predicted molar refractivity (Wildman–Crippen MR) is 80.5 cm³/mol. The van der Waals surface area contributed by atoms with Gasteiger partial charge in [-0.3, -0.25) is 0 Å². The van der Waals surface area contributed by atoms with Crippen LogP contribution in [-0.4, -0.2) is 15.0 Å². The van der Waals surface area contributed by atoms with Crippen molar-refractivity contribution in [3.63, 3.8) is 0 Å². The lowest BCUT2D eigenvalue weighted by Crippen LogP contribution is -2.31. The maximum absolute atomic E-state index is 12.2. The summed E-state index contributed by atoms with van der Waals surface area (Å²) < 4.78 is 27.1. The van der Waals surface area contributed by atoms with Crippen LogP contribution in [0.15, 0.2) is 35.2 Å². The van der Waals surface area contributed by atoms with Gasteiger partial charge in [0, 0.05) is 6.54 Å². The van der Waals surface area contributed by atoms with Gasteiger partial charge in [0.05, 0.1) is 14.9 Å². The van der Waals surface area contributed by atoms with E-state index in [9.17, 15) is 8.42 Å². The normalized spacial score (nSPS) is 28.2. The molecule has 2 aliphatic rings. The van der Waals surface area contributed by atoms with Crippen molar-refractivity contribution >= 4 is 33.2 Å². The molecule has 1 saturated carbocycles. The first kappa shape index (κ1) is 14.4. The molecule has 0 aliphatic heterocycles. The van der Waals surface area contributed by atoms with Crippen LogP contribution in [0.2, 0.25) is 10.0 Å². The van der Waals surface area contributed by atoms with Crippen LogP contribution in [0, 0.1) is 17.8 Å². The molecule has 0 saturated heterocycles. The van der Waals surface area contributed by atoms with Crippen LogP contribution in [0.1, 0.15) is 12.8 Å². The van der Waals surface area contributed by atoms with Crippen LogP contribution < -0.4 is 4.72 Å². The lowest BCUT2D eigenvalue weighted by atomic mass is 9.94. The second-order valence-corrected chi connectivity index (χ2v) is 8.05. The van der Waals surface area contributed by atoms with E-state index in [-0.39, 0.29) is 9.92 Å². The number of fused-ring (bicyclic) bond motifs is 2. The molecule has 3 unspecified atom stereocenters. The lowest BCUT2D eigenvalue weighted by Gasteiger charge is -2.18. The zero-order chi connectivity index (χ0) is 14.3. The molecule has 1 aromatic carbocycles. The van der Waals surface area contributed by atoms with Gasteiger partial charge in [-0.2, -0.15) is 0 Å². The van der Waals surface area contributed by atoms with Crippen LogP contribution in [0.4, 0.5) is 0 Å². The molecule has 1 aromatic rings. The fraction of sp³-hybridized carbons (Fsp3) is 0.429. The van der Waals surface area contributed by atoms with E-state index in [0.717, 1.165) is 6.42 Å². The van der Waals surface area contributed by atoms with Crippen LogP contribution in [0.5, 0.6) is 0 Å². The van der Waals surface area contributed by atoms with Crippen LogP contribution in [0.25, 0.3) is 0 Å². The number of halogens is 2. The summed E-state index contributed by atoms with van der Waals surface area (Å²) in [5, 5.41) is 0.598. The Kier molecular flexibility index (Phi) is 3.84. The summed E-state index contributed by atoms with van der Waals surface area (Å²) in [5.74, 6) is 1.57. The summed E-state index contributed by atoms with van der Waals surface area (Å²) in [6, 6.07) is 4.35. The molecule has 2 aliphatic carbocycles. The zero-order valence-corrected chi connectivity index (χ0v) is 13.0. The highest BCUT2D eigenvalue weighted by molar-refractivity contribution is 7.89. The largest absolute Gasteiger partial charge is 0.240 e. The van der Waals surface area contributed by atoms with E-state index in [1.54, 1.807) is 0 Å². The van der Waals surface area contributed by atoms with Gasteiger partial charge < -0.3 is 0 Å². The first-order chi connectivity index (χ1) is 9.45. The van der Waals surface area contributed by atoms with Crippen molar-refractivity contribution in [2.75, 3.05) is 6.54 Å². The number of nitrogens with one attached hydrogen (secondary N) is 1. The Labute approximate surface area is 129 Å². The molecule has 3 nitrogen and oxygen atoms in total. The lowest BCUT2D eigenvalue weighted by molar-refractivity contribution is 0.440. The topological polar surface area (TPSA) is 46.2 Å². The standard InChI is InChI=1S/C14H15Cl2NO2S/c15-13-4-3-12(7-14(13)16)20(18,19)17-8-11-6-9-1-2-10(11)5-9/h1-4,7,9-11,17H,5-6,8H2. The van der Waals surface area contributed by atoms with Gasteiger partial charge in [0.2, 0.25) is 10.0 Å². The maximum atomic E-state index is 12.2. The number of allylic oxidation sites excluding steroid dienone is 2. The molecule has 108 valence electrons. The Hall–Kier alpha value is -0.550. The second-order valence-electron chi connectivity index (χ2n) is 5.47. The number of hydrogen-bond acceptors (Lipinski definition) is 2. The van der Waals surface area contributed by atoms with Crippen molar-refractivity contribution in [3.8, 4) is 0 Å². The summed E-state index contributed by atoms with van der Waals surface area (Å²) in [5.41, 5.74) is 0. The third-order valence-corrected chi connectivity index (χ3v) is 6.31. The molecular weight excluding hydrogens is 317 g/mol. The summed E-state index contributed by atoms with van der Waals surface area (Å²) in [7, 11) is -3.52. The van der Waals surface area contributed by atoms with Gasteiger partial charge in [-0.1, -0.05) is 35.4 Å². The minimum Gasteiger partial charge on any atom is -0.211 e. The minimum atomic E-state index is -3.52. The first-order valence-electron chi connectivity index (χ1n) is 6.59. The molecule has 0 spiro atoms. The van der Waals surface area contributed by atoms with Crippen LogP contribution in [0.3, 0.4) is 0 Å². The highest BCUT2D eigenvalue weighted by Gasteiger charge is 2.35. The molecule has 3 rings (SSSR count). The van der Waals surface area contributed by atoms with Crippen LogP contribution in [-0.2, 0) is 10.0 Å². The number of sulfonamides is 1. The van der Waals surface area contributed by atoms with E-state index in [4.69, 9.17) is 23.2 Å². The van der Waals surface area contributed by atoms with Crippen molar-refractivity contribution in [3.05, 3.63) is 40.4 Å². The van der Waals surface area contributed by atoms with Gasteiger partial charge >= 0.3 is 0 Å². The molecule has 3 atom stereocenters. The van der Waals surface area contributed by atoms with E-state index in [1.165, 1.54) is 24.6 Å². The maximum Gasteiger partial charge on any atom is 0.240 e. The van der Waals surface area contributed by atoms with Crippen molar-refractivity contribution in [1.29, 1.82) is 0 Å². The van der Waals surface area contributed by atoms with Crippen molar-refractivity contribution in [1.82, 2.24) is 4.72 Å². The Bertz CT molecular complexity index is 657. The molecule has 1 N–H and O–H groups in total. The first-order valence-corrected chi connectivity index (χ1v) is 8.82. The highest BCUT2D eigenvalue weighted by Crippen LogP contribution is 2.43. The van der Waals surface area contributed by atoms with Crippen molar-refractivity contribution < 1.29 is 8.42 Å². The van der Waals surface area contributed by atoms with Gasteiger partial charge in [-0.05, 0) is 48.8 Å². The smallest absolute Gasteiger partial charge is 0.211 e. The fourth-order valence-electron chi connectivity index (χ4n) is 3.07. The van der Waals surface area contributed by atoms with Gasteiger partial charge in [-0.15, -0.1) is 0 Å². The second kappa shape index (κ2) is 5.34. The molecular formula is C14H15Cl2NO2S. The van der Waals surface area contributed by atoms with E-state index in [0.29, 0.717) is 29.3 Å². The summed E-state index contributed by atoms with van der Waals surface area (Å²) in [4.78, 5) is 0.158. The minimum absolute atomic E-state index is 0.158. The predicted octanol–water partition coefficient (Wildman–Crippen LogP) is 3.48. The molecule has 0 radical (unpaired) electrons. The Morgan fingerprint density at radius 1 is 1.15 bits per heavy atom.